The topological polar surface area (TPSA) is 72.5 Å². The van der Waals surface area contributed by atoms with E-state index in [1.165, 1.54) is 0 Å². The highest BCUT2D eigenvalue weighted by Gasteiger charge is 2.28. The molecule has 1 atom stereocenters. The number of hydrogen-bond donors (Lipinski definition) is 1. The van der Waals surface area contributed by atoms with Crippen LogP contribution in [0.3, 0.4) is 0 Å². The Hall–Kier alpha value is -3.73. The molecule has 1 aliphatic carbocycles. The maximum Gasteiger partial charge on any atom is 0.328 e. The number of esters is 1. The quantitative estimate of drug-likeness (QED) is 0.501. The monoisotopic (exact) mass is 399 g/mol. The summed E-state index contributed by atoms with van der Waals surface area (Å²) in [5.74, 6) is -1.00. The van der Waals surface area contributed by atoms with E-state index in [4.69, 9.17) is 4.74 Å². The molecular weight excluding hydrogens is 378 g/mol. The summed E-state index contributed by atoms with van der Waals surface area (Å²) in [6.45, 7) is 1.95. The average Bonchev–Trinajstić information content (AvgIpc) is 3.06. The second kappa shape index (κ2) is 8.33. The molecule has 0 aliphatic heterocycles. The molecular formula is C25H21NO4. The number of carbonyl (C=O) groups is 3. The molecule has 0 spiro atoms. The van der Waals surface area contributed by atoms with Crippen LogP contribution in [0.25, 0.3) is 11.1 Å². The molecule has 0 aromatic heterocycles. The van der Waals surface area contributed by atoms with E-state index in [0.717, 1.165) is 16.7 Å². The van der Waals surface area contributed by atoms with Gasteiger partial charge in [0, 0.05) is 23.1 Å². The summed E-state index contributed by atoms with van der Waals surface area (Å²) in [5.41, 5.74) is 4.07. The molecule has 3 aromatic carbocycles. The van der Waals surface area contributed by atoms with E-state index in [1.54, 1.807) is 31.2 Å². The van der Waals surface area contributed by atoms with Crippen molar-refractivity contribution in [2.45, 2.75) is 19.4 Å². The van der Waals surface area contributed by atoms with Crippen molar-refractivity contribution in [3.8, 4) is 11.1 Å². The summed E-state index contributed by atoms with van der Waals surface area (Å²) < 4.78 is 5.14. The van der Waals surface area contributed by atoms with Crippen LogP contribution in [0.2, 0.25) is 0 Å². The predicted molar refractivity (Wildman–Crippen MR) is 113 cm³/mol. The van der Waals surface area contributed by atoms with Gasteiger partial charge < -0.3 is 10.1 Å². The predicted octanol–water partition coefficient (Wildman–Crippen LogP) is 3.80. The zero-order valence-electron chi connectivity index (χ0n) is 16.6. The zero-order valence-corrected chi connectivity index (χ0v) is 16.6. The number of ketones is 1. The number of benzene rings is 3. The Balaban J connectivity index is 1.57. The Kier molecular flexibility index (Phi) is 5.44. The molecule has 1 aliphatic rings. The molecule has 3 aromatic rings. The van der Waals surface area contributed by atoms with Crippen LogP contribution >= 0.6 is 0 Å². The third-order valence-electron chi connectivity index (χ3n) is 5.15. The first-order chi connectivity index (χ1) is 14.6. The van der Waals surface area contributed by atoms with Gasteiger partial charge >= 0.3 is 5.97 Å². The summed E-state index contributed by atoms with van der Waals surface area (Å²) in [4.78, 5) is 38.0. The number of amides is 1. The summed E-state index contributed by atoms with van der Waals surface area (Å²) in [5, 5.41) is 2.77. The van der Waals surface area contributed by atoms with Gasteiger partial charge in [0.1, 0.15) is 6.04 Å². The molecule has 5 heteroatoms. The SMILES string of the molecule is CCOC(=O)C(Cc1ccccc1)NC(=O)c1ccc2c(c1)C(=O)c1ccccc1-2. The first-order valence-corrected chi connectivity index (χ1v) is 9.88. The normalized spacial score (nSPS) is 12.6. The number of nitrogens with one attached hydrogen (secondary N) is 1. The fourth-order valence-electron chi connectivity index (χ4n) is 3.70. The Labute approximate surface area is 174 Å². The number of hydrogen-bond acceptors (Lipinski definition) is 4. The smallest absolute Gasteiger partial charge is 0.328 e. The third kappa shape index (κ3) is 3.74. The minimum Gasteiger partial charge on any atom is -0.464 e. The Morgan fingerprint density at radius 1 is 0.867 bits per heavy atom. The van der Waals surface area contributed by atoms with Crippen LogP contribution in [0.4, 0.5) is 0 Å². The van der Waals surface area contributed by atoms with Crippen LogP contribution in [0.15, 0.2) is 72.8 Å². The van der Waals surface area contributed by atoms with Crippen LogP contribution in [0, 0.1) is 0 Å². The van der Waals surface area contributed by atoms with Crippen LogP contribution in [-0.4, -0.2) is 30.3 Å². The second-order valence-electron chi connectivity index (χ2n) is 7.10. The van der Waals surface area contributed by atoms with Gasteiger partial charge in [-0.3, -0.25) is 9.59 Å². The molecule has 30 heavy (non-hydrogen) atoms. The van der Waals surface area contributed by atoms with E-state index < -0.39 is 17.9 Å². The minimum atomic E-state index is -0.819. The summed E-state index contributed by atoms with van der Waals surface area (Å²) >= 11 is 0. The highest BCUT2D eigenvalue weighted by Crippen LogP contribution is 2.36. The van der Waals surface area contributed by atoms with Gasteiger partial charge in [-0.25, -0.2) is 4.79 Å². The van der Waals surface area contributed by atoms with Gasteiger partial charge in [-0.1, -0.05) is 60.7 Å². The highest BCUT2D eigenvalue weighted by atomic mass is 16.5. The standard InChI is InChI=1S/C25H21NO4/c1-2-30-25(29)22(14-16-8-4-3-5-9-16)26-24(28)17-12-13-19-18-10-6-7-11-20(18)23(27)21(19)15-17/h3-13,15,22H,2,14H2,1H3,(H,26,28). The minimum absolute atomic E-state index is 0.0959. The van der Waals surface area contributed by atoms with Crippen molar-refractivity contribution in [2.24, 2.45) is 0 Å². The number of rotatable bonds is 6. The summed E-state index contributed by atoms with van der Waals surface area (Å²) in [7, 11) is 0. The van der Waals surface area contributed by atoms with Gasteiger partial charge in [0.15, 0.2) is 5.78 Å². The molecule has 0 fully saturated rings. The van der Waals surface area contributed by atoms with Gasteiger partial charge in [-0.2, -0.15) is 0 Å². The van der Waals surface area contributed by atoms with Crippen molar-refractivity contribution in [3.63, 3.8) is 0 Å². The van der Waals surface area contributed by atoms with Crippen LogP contribution in [-0.2, 0) is 16.0 Å². The van der Waals surface area contributed by atoms with Crippen molar-refractivity contribution < 1.29 is 19.1 Å². The lowest BCUT2D eigenvalue weighted by atomic mass is 10.0. The van der Waals surface area contributed by atoms with Gasteiger partial charge in [0.25, 0.3) is 5.91 Å². The molecule has 0 saturated carbocycles. The Bertz CT molecular complexity index is 1120. The second-order valence-corrected chi connectivity index (χ2v) is 7.10. The van der Waals surface area contributed by atoms with Gasteiger partial charge in [-0.05, 0) is 35.7 Å². The van der Waals surface area contributed by atoms with E-state index in [9.17, 15) is 14.4 Å². The van der Waals surface area contributed by atoms with Crippen molar-refractivity contribution in [2.75, 3.05) is 6.61 Å². The molecule has 1 amide bonds. The molecule has 0 radical (unpaired) electrons. The fourth-order valence-corrected chi connectivity index (χ4v) is 3.70. The molecule has 4 rings (SSSR count). The maximum absolute atomic E-state index is 12.9. The first-order valence-electron chi connectivity index (χ1n) is 9.88. The van der Waals surface area contributed by atoms with E-state index >= 15 is 0 Å². The number of fused-ring (bicyclic) bond motifs is 3. The lowest BCUT2D eigenvalue weighted by Gasteiger charge is -2.18. The van der Waals surface area contributed by atoms with Crippen molar-refractivity contribution in [3.05, 3.63) is 95.1 Å². The first kappa shape index (κ1) is 19.6. The molecule has 1 unspecified atom stereocenters. The van der Waals surface area contributed by atoms with Crippen LogP contribution < -0.4 is 5.32 Å². The molecule has 1 N–H and O–H groups in total. The molecule has 150 valence electrons. The summed E-state index contributed by atoms with van der Waals surface area (Å²) in [6.07, 6.45) is 0.320. The Morgan fingerprint density at radius 2 is 1.53 bits per heavy atom. The highest BCUT2D eigenvalue weighted by molar-refractivity contribution is 6.22. The lowest BCUT2D eigenvalue weighted by Crippen LogP contribution is -2.43. The average molecular weight is 399 g/mol. The van der Waals surface area contributed by atoms with E-state index in [2.05, 4.69) is 5.32 Å². The van der Waals surface area contributed by atoms with Crippen LogP contribution in [0.5, 0.6) is 0 Å². The molecule has 0 heterocycles. The largest absolute Gasteiger partial charge is 0.464 e. The van der Waals surface area contributed by atoms with Crippen LogP contribution in [0.1, 0.15) is 38.8 Å². The Morgan fingerprint density at radius 3 is 2.27 bits per heavy atom. The molecule has 5 nitrogen and oxygen atoms in total. The van der Waals surface area contributed by atoms with Gasteiger partial charge in [-0.15, -0.1) is 0 Å². The van der Waals surface area contributed by atoms with Crippen molar-refractivity contribution in [1.82, 2.24) is 5.32 Å². The van der Waals surface area contributed by atoms with E-state index in [1.807, 2.05) is 48.5 Å². The molecule has 0 bridgehead atoms. The van der Waals surface area contributed by atoms with Crippen molar-refractivity contribution in [1.29, 1.82) is 0 Å². The maximum atomic E-state index is 12.9. The lowest BCUT2D eigenvalue weighted by molar-refractivity contribution is -0.145. The number of ether oxygens (including phenoxy) is 1. The van der Waals surface area contributed by atoms with Gasteiger partial charge in [0.05, 0.1) is 6.61 Å². The third-order valence-corrected chi connectivity index (χ3v) is 5.15. The molecule has 0 saturated heterocycles. The van der Waals surface area contributed by atoms with Crippen molar-refractivity contribution >= 4 is 17.7 Å². The number of carbonyl (C=O) groups excluding carboxylic acids is 3. The van der Waals surface area contributed by atoms with E-state index in [-0.39, 0.29) is 12.4 Å². The zero-order chi connectivity index (χ0) is 21.1. The fraction of sp³-hybridized carbons (Fsp3) is 0.160. The summed E-state index contributed by atoms with van der Waals surface area (Å²) in [6, 6.07) is 21.1. The van der Waals surface area contributed by atoms with E-state index in [0.29, 0.717) is 23.1 Å². The van der Waals surface area contributed by atoms with Gasteiger partial charge in [0.2, 0.25) is 0 Å².